The standard InChI is InChI=1S/C13H19N5OS/c1-6-17(4)11(19)7-10-8(2)14-12-15-13(20-5)16-18(12)9(10)3/h6-7H2,1-5H3. The first-order valence-electron chi connectivity index (χ1n) is 6.48. The normalized spacial score (nSPS) is 11.1. The largest absolute Gasteiger partial charge is 0.346 e. The number of fused-ring (bicyclic) bond motifs is 1. The van der Waals surface area contributed by atoms with E-state index in [2.05, 4.69) is 15.1 Å². The number of hydrogen-bond acceptors (Lipinski definition) is 5. The van der Waals surface area contributed by atoms with E-state index in [9.17, 15) is 4.79 Å². The lowest BCUT2D eigenvalue weighted by molar-refractivity contribution is -0.129. The van der Waals surface area contributed by atoms with Crippen molar-refractivity contribution in [3.05, 3.63) is 17.0 Å². The first kappa shape index (κ1) is 14.8. The third-order valence-electron chi connectivity index (χ3n) is 3.44. The Hall–Kier alpha value is -1.63. The average molecular weight is 293 g/mol. The summed E-state index contributed by atoms with van der Waals surface area (Å²) < 4.78 is 1.72. The zero-order valence-electron chi connectivity index (χ0n) is 12.5. The van der Waals surface area contributed by atoms with Crippen molar-refractivity contribution < 1.29 is 4.79 Å². The molecule has 6 nitrogen and oxygen atoms in total. The molecule has 0 saturated carbocycles. The van der Waals surface area contributed by atoms with Crippen molar-refractivity contribution in [2.75, 3.05) is 19.8 Å². The highest BCUT2D eigenvalue weighted by atomic mass is 32.2. The molecule has 0 bridgehead atoms. The number of rotatable bonds is 4. The monoisotopic (exact) mass is 293 g/mol. The summed E-state index contributed by atoms with van der Waals surface area (Å²) in [5.41, 5.74) is 2.70. The SMILES string of the molecule is CCN(C)C(=O)Cc1c(C)nc2nc(SC)nn2c1C. The lowest BCUT2D eigenvalue weighted by atomic mass is 10.1. The minimum absolute atomic E-state index is 0.0880. The number of likely N-dealkylation sites (N-methyl/N-ethyl adjacent to an activating group) is 1. The number of hydrogen-bond donors (Lipinski definition) is 0. The number of nitrogens with zero attached hydrogens (tertiary/aromatic N) is 5. The molecule has 108 valence electrons. The molecule has 0 aliphatic heterocycles. The minimum Gasteiger partial charge on any atom is -0.346 e. The summed E-state index contributed by atoms with van der Waals surface area (Å²) in [7, 11) is 1.81. The summed E-state index contributed by atoms with van der Waals surface area (Å²) in [5.74, 6) is 0.675. The summed E-state index contributed by atoms with van der Waals surface area (Å²) in [6, 6.07) is 0. The summed E-state index contributed by atoms with van der Waals surface area (Å²) in [4.78, 5) is 22.6. The smallest absolute Gasteiger partial charge is 0.253 e. The maximum absolute atomic E-state index is 12.1. The second-order valence-corrected chi connectivity index (χ2v) is 5.43. The topological polar surface area (TPSA) is 63.4 Å². The summed E-state index contributed by atoms with van der Waals surface area (Å²) in [5, 5.41) is 5.07. The van der Waals surface area contributed by atoms with Crippen molar-refractivity contribution in [2.45, 2.75) is 32.3 Å². The second-order valence-electron chi connectivity index (χ2n) is 4.66. The number of thioether (sulfide) groups is 1. The molecule has 0 radical (unpaired) electrons. The van der Waals surface area contributed by atoms with Crippen LogP contribution in [0.2, 0.25) is 0 Å². The van der Waals surface area contributed by atoms with Crippen LogP contribution in [-0.4, -0.2) is 50.2 Å². The van der Waals surface area contributed by atoms with Gasteiger partial charge in [0.05, 0.1) is 6.42 Å². The van der Waals surface area contributed by atoms with Crippen LogP contribution in [0.4, 0.5) is 0 Å². The molecule has 0 spiro atoms. The number of aryl methyl sites for hydroxylation is 2. The zero-order valence-corrected chi connectivity index (χ0v) is 13.3. The lowest BCUT2D eigenvalue weighted by Gasteiger charge is -2.16. The van der Waals surface area contributed by atoms with Gasteiger partial charge in [0.2, 0.25) is 11.1 Å². The molecule has 0 aliphatic carbocycles. The highest BCUT2D eigenvalue weighted by Crippen LogP contribution is 2.17. The number of aromatic nitrogens is 4. The van der Waals surface area contributed by atoms with E-state index in [1.807, 2.05) is 27.0 Å². The summed E-state index contributed by atoms with van der Waals surface area (Å²) >= 11 is 1.48. The molecule has 0 N–H and O–H groups in total. The van der Waals surface area contributed by atoms with Gasteiger partial charge in [-0.15, -0.1) is 5.10 Å². The van der Waals surface area contributed by atoms with Crippen molar-refractivity contribution in [3.8, 4) is 0 Å². The highest BCUT2D eigenvalue weighted by molar-refractivity contribution is 7.98. The number of amides is 1. The Bertz CT molecular complexity index is 652. The Morgan fingerprint density at radius 2 is 2.05 bits per heavy atom. The van der Waals surface area contributed by atoms with Crippen LogP contribution in [0, 0.1) is 13.8 Å². The number of carbonyl (C=O) groups excluding carboxylic acids is 1. The van der Waals surface area contributed by atoms with E-state index in [1.165, 1.54) is 11.8 Å². The molecule has 1 amide bonds. The Labute approximate surface area is 122 Å². The molecule has 0 unspecified atom stereocenters. The fraction of sp³-hybridized carbons (Fsp3) is 0.538. The van der Waals surface area contributed by atoms with Crippen LogP contribution in [0.5, 0.6) is 0 Å². The third-order valence-corrected chi connectivity index (χ3v) is 3.98. The van der Waals surface area contributed by atoms with Gasteiger partial charge in [0.1, 0.15) is 0 Å². The van der Waals surface area contributed by atoms with Crippen LogP contribution in [0.3, 0.4) is 0 Å². The molecule has 20 heavy (non-hydrogen) atoms. The van der Waals surface area contributed by atoms with Crippen molar-refractivity contribution in [2.24, 2.45) is 0 Å². The van der Waals surface area contributed by atoms with Gasteiger partial charge in [0.25, 0.3) is 5.78 Å². The van der Waals surface area contributed by atoms with E-state index >= 15 is 0 Å². The average Bonchev–Trinajstić information content (AvgIpc) is 2.85. The Morgan fingerprint density at radius 1 is 1.35 bits per heavy atom. The lowest BCUT2D eigenvalue weighted by Crippen LogP contribution is -2.28. The van der Waals surface area contributed by atoms with Crippen molar-refractivity contribution in [1.29, 1.82) is 0 Å². The Balaban J connectivity index is 2.45. The predicted molar refractivity (Wildman–Crippen MR) is 79.1 cm³/mol. The fourth-order valence-electron chi connectivity index (χ4n) is 1.99. The van der Waals surface area contributed by atoms with Gasteiger partial charge in [-0.2, -0.15) is 4.98 Å². The first-order chi connectivity index (χ1) is 9.47. The molecule has 7 heteroatoms. The van der Waals surface area contributed by atoms with Gasteiger partial charge >= 0.3 is 0 Å². The number of carbonyl (C=O) groups is 1. The summed E-state index contributed by atoms with van der Waals surface area (Å²) in [6.07, 6.45) is 2.27. The quantitative estimate of drug-likeness (QED) is 0.799. The molecule has 0 saturated heterocycles. The van der Waals surface area contributed by atoms with Gasteiger partial charge in [-0.1, -0.05) is 11.8 Å². The maximum atomic E-state index is 12.1. The van der Waals surface area contributed by atoms with E-state index in [1.54, 1.807) is 16.5 Å². The second kappa shape index (κ2) is 5.78. The minimum atomic E-state index is 0.0880. The first-order valence-corrected chi connectivity index (χ1v) is 7.71. The van der Waals surface area contributed by atoms with E-state index in [-0.39, 0.29) is 5.91 Å². The zero-order chi connectivity index (χ0) is 14.9. The fourth-order valence-corrected chi connectivity index (χ4v) is 2.33. The van der Waals surface area contributed by atoms with E-state index in [4.69, 9.17) is 0 Å². The van der Waals surface area contributed by atoms with Gasteiger partial charge in [0, 0.05) is 30.5 Å². The molecule has 0 aliphatic rings. The van der Waals surface area contributed by atoms with E-state index in [0.717, 1.165) is 17.0 Å². The van der Waals surface area contributed by atoms with Crippen LogP contribution in [0.15, 0.2) is 5.16 Å². The molecule has 0 fully saturated rings. The van der Waals surface area contributed by atoms with E-state index in [0.29, 0.717) is 23.9 Å². The molecular weight excluding hydrogens is 274 g/mol. The van der Waals surface area contributed by atoms with Gasteiger partial charge in [-0.25, -0.2) is 9.50 Å². The van der Waals surface area contributed by atoms with Crippen LogP contribution in [0.1, 0.15) is 23.9 Å². The van der Waals surface area contributed by atoms with E-state index < -0.39 is 0 Å². The Kier molecular flexibility index (Phi) is 4.27. The molecule has 2 aromatic heterocycles. The van der Waals surface area contributed by atoms with Crippen molar-refractivity contribution in [3.63, 3.8) is 0 Å². The van der Waals surface area contributed by atoms with Gasteiger partial charge in [-0.05, 0) is 27.0 Å². The molecule has 2 aromatic rings. The molecule has 2 heterocycles. The van der Waals surface area contributed by atoms with Gasteiger partial charge in [-0.3, -0.25) is 4.79 Å². The Morgan fingerprint density at radius 3 is 2.65 bits per heavy atom. The van der Waals surface area contributed by atoms with Gasteiger partial charge < -0.3 is 4.90 Å². The van der Waals surface area contributed by atoms with Crippen LogP contribution in [0.25, 0.3) is 5.78 Å². The third kappa shape index (κ3) is 2.63. The summed E-state index contributed by atoms with van der Waals surface area (Å²) in [6.45, 7) is 6.53. The van der Waals surface area contributed by atoms with Crippen LogP contribution < -0.4 is 0 Å². The molecule has 0 aromatic carbocycles. The van der Waals surface area contributed by atoms with Crippen LogP contribution >= 0.6 is 11.8 Å². The van der Waals surface area contributed by atoms with Gasteiger partial charge in [0.15, 0.2) is 0 Å². The van der Waals surface area contributed by atoms with Crippen LogP contribution in [-0.2, 0) is 11.2 Å². The highest BCUT2D eigenvalue weighted by Gasteiger charge is 2.17. The van der Waals surface area contributed by atoms with Crippen molar-refractivity contribution >= 4 is 23.4 Å². The van der Waals surface area contributed by atoms with Crippen molar-refractivity contribution in [1.82, 2.24) is 24.5 Å². The molecule has 2 rings (SSSR count). The maximum Gasteiger partial charge on any atom is 0.253 e. The molecule has 0 atom stereocenters. The molecular formula is C13H19N5OS. The predicted octanol–water partition coefficient (Wildman–Crippen LogP) is 1.48.